The minimum absolute atomic E-state index is 0.389. The number of hydrogen-bond acceptors (Lipinski definition) is 4. The quantitative estimate of drug-likeness (QED) is 0.551. The molecule has 0 bridgehead atoms. The van der Waals surface area contributed by atoms with E-state index in [2.05, 4.69) is 19.4 Å². The maximum absolute atomic E-state index is 4.69. The Kier molecular flexibility index (Phi) is 1.58. The van der Waals surface area contributed by atoms with Crippen LogP contribution >= 0.6 is 0 Å². The van der Waals surface area contributed by atoms with E-state index in [1.807, 2.05) is 0 Å². The van der Waals surface area contributed by atoms with Gasteiger partial charge in [0, 0.05) is 7.11 Å². The van der Waals surface area contributed by atoms with Crippen molar-refractivity contribution in [3.63, 3.8) is 0 Å². The predicted octanol–water partition coefficient (Wildman–Crippen LogP) is 0.216. The van der Waals surface area contributed by atoms with Crippen LogP contribution in [0, 0.1) is 0 Å². The Morgan fingerprint density at radius 3 is 3.25 bits per heavy atom. The van der Waals surface area contributed by atoms with Gasteiger partial charge in [0.05, 0.1) is 0 Å². The molecule has 0 radical (unpaired) electrons. The first-order chi connectivity index (χ1) is 3.93. The largest absolute Gasteiger partial charge is 0.375 e. The van der Waals surface area contributed by atoms with E-state index in [4.69, 9.17) is 0 Å². The van der Waals surface area contributed by atoms with Crippen molar-refractivity contribution in [1.29, 1.82) is 0 Å². The molecule has 1 aromatic rings. The van der Waals surface area contributed by atoms with Crippen LogP contribution in [-0.4, -0.2) is 17.3 Å². The minimum Gasteiger partial charge on any atom is -0.375 e. The summed E-state index contributed by atoms with van der Waals surface area (Å²) >= 11 is 0. The average Bonchev–Trinajstić information content (AvgIpc) is 2.19. The molecule has 0 amide bonds. The van der Waals surface area contributed by atoms with Crippen molar-refractivity contribution in [2.45, 2.75) is 6.61 Å². The molecule has 0 aliphatic carbocycles. The van der Waals surface area contributed by atoms with E-state index in [-0.39, 0.29) is 0 Å². The van der Waals surface area contributed by atoms with Crippen molar-refractivity contribution < 1.29 is 9.26 Å². The lowest BCUT2D eigenvalue weighted by Crippen LogP contribution is -1.84. The topological polar surface area (TPSA) is 48.2 Å². The highest BCUT2D eigenvalue weighted by molar-refractivity contribution is 4.67. The molecule has 0 aliphatic rings. The van der Waals surface area contributed by atoms with Gasteiger partial charge in [0.25, 0.3) is 5.89 Å². The summed E-state index contributed by atoms with van der Waals surface area (Å²) in [5.41, 5.74) is 0. The fourth-order valence-corrected chi connectivity index (χ4v) is 0.383. The van der Waals surface area contributed by atoms with Crippen molar-refractivity contribution in [1.82, 2.24) is 10.1 Å². The zero-order valence-electron chi connectivity index (χ0n) is 4.50. The van der Waals surface area contributed by atoms with Gasteiger partial charge in [0.1, 0.15) is 6.61 Å². The molecule has 0 spiro atoms. The number of methoxy groups -OCH3 is 1. The summed E-state index contributed by atoms with van der Waals surface area (Å²) < 4.78 is 9.28. The number of rotatable bonds is 2. The number of hydrogen-bond donors (Lipinski definition) is 0. The van der Waals surface area contributed by atoms with Crippen LogP contribution < -0.4 is 0 Å². The molecule has 1 heterocycles. The molecule has 0 fully saturated rings. The SMILES string of the molecule is COCc1ncno1. The molecule has 4 heteroatoms. The Morgan fingerprint density at radius 1 is 1.88 bits per heavy atom. The van der Waals surface area contributed by atoms with E-state index in [0.29, 0.717) is 12.5 Å². The van der Waals surface area contributed by atoms with E-state index in [1.54, 1.807) is 7.11 Å². The maximum atomic E-state index is 4.69. The zero-order chi connectivity index (χ0) is 5.82. The smallest absolute Gasteiger partial charge is 0.252 e. The lowest BCUT2D eigenvalue weighted by atomic mass is 10.7. The summed E-state index contributed by atoms with van der Waals surface area (Å²) in [6, 6.07) is 0. The van der Waals surface area contributed by atoms with Gasteiger partial charge in [0.2, 0.25) is 0 Å². The Hall–Kier alpha value is -0.900. The van der Waals surface area contributed by atoms with Crippen LogP contribution in [0.2, 0.25) is 0 Å². The van der Waals surface area contributed by atoms with Crippen molar-refractivity contribution in [3.8, 4) is 0 Å². The van der Waals surface area contributed by atoms with Crippen LogP contribution in [-0.2, 0) is 11.3 Å². The van der Waals surface area contributed by atoms with Gasteiger partial charge in [-0.05, 0) is 0 Å². The third-order valence-corrected chi connectivity index (χ3v) is 0.675. The molecule has 0 saturated heterocycles. The highest BCUT2D eigenvalue weighted by Gasteiger charge is 1.93. The molecule has 4 nitrogen and oxygen atoms in total. The molecule has 0 aromatic carbocycles. The van der Waals surface area contributed by atoms with Crippen LogP contribution in [0.15, 0.2) is 10.9 Å². The van der Waals surface area contributed by atoms with Crippen LogP contribution in [0.4, 0.5) is 0 Å². The van der Waals surface area contributed by atoms with Gasteiger partial charge < -0.3 is 9.26 Å². The van der Waals surface area contributed by atoms with Crippen molar-refractivity contribution in [2.75, 3.05) is 7.11 Å². The van der Waals surface area contributed by atoms with Gasteiger partial charge in [-0.15, -0.1) is 0 Å². The van der Waals surface area contributed by atoms with E-state index in [0.717, 1.165) is 0 Å². The molecule has 44 valence electrons. The second-order valence-corrected chi connectivity index (χ2v) is 1.27. The first kappa shape index (κ1) is 5.24. The summed E-state index contributed by atoms with van der Waals surface area (Å²) in [7, 11) is 1.57. The molecule has 1 rings (SSSR count). The Labute approximate surface area is 46.5 Å². The summed E-state index contributed by atoms with van der Waals surface area (Å²) in [6.45, 7) is 0.389. The van der Waals surface area contributed by atoms with Crippen LogP contribution in [0.5, 0.6) is 0 Å². The fraction of sp³-hybridized carbons (Fsp3) is 0.500. The molecule has 0 saturated carbocycles. The van der Waals surface area contributed by atoms with E-state index >= 15 is 0 Å². The van der Waals surface area contributed by atoms with Gasteiger partial charge in [-0.2, -0.15) is 4.98 Å². The lowest BCUT2D eigenvalue weighted by Gasteiger charge is -1.85. The third kappa shape index (κ3) is 1.04. The molecule has 0 atom stereocenters. The summed E-state index contributed by atoms with van der Waals surface area (Å²) in [5, 5.41) is 3.37. The second kappa shape index (κ2) is 2.42. The standard InChI is InChI=1S/C4H6N2O2/c1-7-2-4-5-3-6-8-4/h3H,2H2,1H3. The van der Waals surface area contributed by atoms with Crippen LogP contribution in [0.25, 0.3) is 0 Å². The Bertz CT molecular complexity index is 138. The van der Waals surface area contributed by atoms with Gasteiger partial charge in [-0.1, -0.05) is 5.16 Å². The van der Waals surface area contributed by atoms with Crippen molar-refractivity contribution in [3.05, 3.63) is 12.2 Å². The van der Waals surface area contributed by atoms with E-state index < -0.39 is 0 Å². The van der Waals surface area contributed by atoms with Crippen LogP contribution in [0.3, 0.4) is 0 Å². The van der Waals surface area contributed by atoms with Gasteiger partial charge in [-0.25, -0.2) is 0 Å². The van der Waals surface area contributed by atoms with E-state index in [9.17, 15) is 0 Å². The molecule has 0 aliphatic heterocycles. The van der Waals surface area contributed by atoms with E-state index in [1.165, 1.54) is 6.33 Å². The lowest BCUT2D eigenvalue weighted by molar-refractivity contribution is 0.151. The summed E-state index contributed by atoms with van der Waals surface area (Å²) in [6.07, 6.45) is 1.34. The van der Waals surface area contributed by atoms with Crippen molar-refractivity contribution >= 4 is 0 Å². The molecule has 0 N–H and O–H groups in total. The average molecular weight is 114 g/mol. The highest BCUT2D eigenvalue weighted by Crippen LogP contribution is 1.90. The first-order valence-electron chi connectivity index (χ1n) is 2.18. The normalized spacial score (nSPS) is 9.62. The molecule has 0 unspecified atom stereocenters. The molecular formula is C4H6N2O2. The molecule has 8 heavy (non-hydrogen) atoms. The Morgan fingerprint density at radius 2 is 2.75 bits per heavy atom. The number of aromatic nitrogens is 2. The maximum Gasteiger partial charge on any atom is 0.252 e. The third-order valence-electron chi connectivity index (χ3n) is 0.675. The van der Waals surface area contributed by atoms with Crippen LogP contribution in [0.1, 0.15) is 5.89 Å². The summed E-state index contributed by atoms with van der Waals surface area (Å²) in [4.78, 5) is 3.70. The number of ether oxygens (including phenoxy) is 1. The fourth-order valence-electron chi connectivity index (χ4n) is 0.383. The van der Waals surface area contributed by atoms with Gasteiger partial charge >= 0.3 is 0 Å². The minimum atomic E-state index is 0.389. The molecule has 1 aromatic heterocycles. The zero-order valence-corrected chi connectivity index (χ0v) is 4.50. The highest BCUT2D eigenvalue weighted by atomic mass is 16.5. The van der Waals surface area contributed by atoms with Gasteiger partial charge in [-0.3, -0.25) is 0 Å². The number of nitrogens with zero attached hydrogens (tertiary/aromatic N) is 2. The second-order valence-electron chi connectivity index (χ2n) is 1.27. The monoisotopic (exact) mass is 114 g/mol. The first-order valence-corrected chi connectivity index (χ1v) is 2.18. The Balaban J connectivity index is 2.50. The van der Waals surface area contributed by atoms with Crippen molar-refractivity contribution in [2.24, 2.45) is 0 Å². The molecular weight excluding hydrogens is 108 g/mol. The predicted molar refractivity (Wildman–Crippen MR) is 25.0 cm³/mol. The van der Waals surface area contributed by atoms with Gasteiger partial charge in [0.15, 0.2) is 6.33 Å². The summed E-state index contributed by atoms with van der Waals surface area (Å²) in [5.74, 6) is 0.507.